The van der Waals surface area contributed by atoms with Crippen molar-refractivity contribution < 1.29 is 32.3 Å². The van der Waals surface area contributed by atoms with Gasteiger partial charge in [-0.15, -0.1) is 0 Å². The maximum Gasteiger partial charge on any atom is 0.416 e. The second-order valence-corrected chi connectivity index (χ2v) is 7.75. The number of aromatic nitrogens is 1. The van der Waals surface area contributed by atoms with Gasteiger partial charge in [-0.2, -0.15) is 13.2 Å². The fourth-order valence-corrected chi connectivity index (χ4v) is 4.00. The number of carbonyl (C=O) groups is 1. The highest BCUT2D eigenvalue weighted by Crippen LogP contribution is 2.37. The average Bonchev–Trinajstić information content (AvgIpc) is 2.97. The number of nitrogens with one attached hydrogen (secondary N) is 1. The topological polar surface area (TPSA) is 91.7 Å². The van der Waals surface area contributed by atoms with Crippen molar-refractivity contribution in [1.29, 1.82) is 0 Å². The molecule has 1 heterocycles. The van der Waals surface area contributed by atoms with Gasteiger partial charge in [-0.25, -0.2) is 4.98 Å². The highest BCUT2D eigenvalue weighted by Gasteiger charge is 2.31. The summed E-state index contributed by atoms with van der Waals surface area (Å²) < 4.78 is 43.6. The number of amides is 1. The summed E-state index contributed by atoms with van der Waals surface area (Å²) in [4.78, 5) is 34.9. The van der Waals surface area contributed by atoms with Gasteiger partial charge >= 0.3 is 14.8 Å². The predicted molar refractivity (Wildman–Crippen MR) is 101 cm³/mol. The summed E-state index contributed by atoms with van der Waals surface area (Å²) in [7, 11) is -2.78. The van der Waals surface area contributed by atoms with Gasteiger partial charge in [0.05, 0.1) is 21.3 Å². The number of halogens is 4. The number of benzene rings is 2. The van der Waals surface area contributed by atoms with Gasteiger partial charge in [-0.05, 0) is 42.8 Å². The van der Waals surface area contributed by atoms with Crippen LogP contribution in [0.25, 0.3) is 10.2 Å². The van der Waals surface area contributed by atoms with Crippen molar-refractivity contribution in [3.05, 3.63) is 52.0 Å². The van der Waals surface area contributed by atoms with E-state index in [9.17, 15) is 18.0 Å². The van der Waals surface area contributed by atoms with Crippen LogP contribution in [0.4, 0.5) is 18.3 Å². The molecule has 3 aromatic rings. The lowest BCUT2D eigenvalue weighted by Gasteiger charge is -2.13. The third-order valence-corrected chi connectivity index (χ3v) is 5.09. The van der Waals surface area contributed by atoms with Crippen LogP contribution in [-0.4, -0.2) is 20.7 Å². The Labute approximate surface area is 166 Å². The van der Waals surface area contributed by atoms with E-state index in [0.717, 1.165) is 23.5 Å². The molecule has 12 heteroatoms. The molecular formula is C16H11ClF3N2O4PS. The van der Waals surface area contributed by atoms with E-state index in [-0.39, 0.29) is 26.2 Å². The molecule has 3 N–H and O–H groups in total. The molecule has 0 atom stereocenters. The van der Waals surface area contributed by atoms with Crippen molar-refractivity contribution in [2.45, 2.75) is 13.1 Å². The Morgan fingerprint density at radius 2 is 2.00 bits per heavy atom. The standard InChI is InChI=1S/C16H11ClF3N2O4PS/c1-7-4-9(17)6-10(13(7)26-27(24)25)14(23)22-15-21-11-3-2-8(16(18,19)20)5-12(11)28-15/h2-6,24-25H,1H3,(H,21,22,23). The van der Waals surface area contributed by atoms with Crippen molar-refractivity contribution in [3.63, 3.8) is 0 Å². The van der Waals surface area contributed by atoms with E-state index in [1.807, 2.05) is 0 Å². The number of nitrogens with zero attached hydrogens (tertiary/aromatic N) is 1. The van der Waals surface area contributed by atoms with E-state index in [2.05, 4.69) is 10.3 Å². The van der Waals surface area contributed by atoms with E-state index in [1.54, 1.807) is 6.92 Å². The van der Waals surface area contributed by atoms with Gasteiger partial charge in [-0.1, -0.05) is 22.9 Å². The number of anilines is 1. The molecule has 2 aromatic carbocycles. The smallest absolute Gasteiger partial charge is 0.416 e. The molecule has 1 aromatic heterocycles. The number of hydrogen-bond donors (Lipinski definition) is 3. The van der Waals surface area contributed by atoms with Gasteiger partial charge in [0.2, 0.25) is 0 Å². The molecule has 1 amide bonds. The SMILES string of the molecule is Cc1cc(Cl)cc(C(=O)Nc2nc3ccc(C(F)(F)F)cc3s2)c1OP(O)O. The second kappa shape index (κ2) is 7.81. The van der Waals surface area contributed by atoms with E-state index in [4.69, 9.17) is 25.9 Å². The number of carbonyl (C=O) groups excluding carboxylic acids is 1. The third-order valence-electron chi connectivity index (χ3n) is 3.59. The number of thiazole rings is 1. The zero-order chi connectivity index (χ0) is 20.6. The van der Waals surface area contributed by atoms with Crippen molar-refractivity contribution in [1.82, 2.24) is 4.98 Å². The summed E-state index contributed by atoms with van der Waals surface area (Å²) in [6.07, 6.45) is -4.49. The summed E-state index contributed by atoms with van der Waals surface area (Å²) in [5.41, 5.74) is -0.202. The van der Waals surface area contributed by atoms with Crippen molar-refractivity contribution >= 4 is 52.8 Å². The first kappa shape index (κ1) is 20.8. The highest BCUT2D eigenvalue weighted by atomic mass is 35.5. The molecule has 0 aliphatic rings. The van der Waals surface area contributed by atoms with Crippen LogP contribution >= 0.6 is 31.5 Å². The lowest BCUT2D eigenvalue weighted by Crippen LogP contribution is -2.13. The summed E-state index contributed by atoms with van der Waals surface area (Å²) in [5.74, 6) is -0.786. The maximum atomic E-state index is 12.8. The van der Waals surface area contributed by atoms with E-state index in [1.165, 1.54) is 18.2 Å². The van der Waals surface area contributed by atoms with Crippen LogP contribution < -0.4 is 9.84 Å². The minimum absolute atomic E-state index is 0.0677. The Morgan fingerprint density at radius 1 is 1.29 bits per heavy atom. The largest absolute Gasteiger partial charge is 0.426 e. The molecular weight excluding hydrogens is 440 g/mol. The molecule has 0 aliphatic heterocycles. The molecule has 148 valence electrons. The van der Waals surface area contributed by atoms with Crippen molar-refractivity contribution in [2.75, 3.05) is 5.32 Å². The van der Waals surface area contributed by atoms with Gasteiger partial charge in [0.25, 0.3) is 5.91 Å². The number of alkyl halides is 3. The molecule has 0 aliphatic carbocycles. The number of fused-ring (bicyclic) bond motifs is 1. The Bertz CT molecular complexity index is 1060. The van der Waals surface area contributed by atoms with Gasteiger partial charge in [0.1, 0.15) is 5.75 Å². The maximum absolute atomic E-state index is 12.8. The number of aryl methyl sites for hydroxylation is 1. The molecule has 0 spiro atoms. The molecule has 0 saturated carbocycles. The van der Waals surface area contributed by atoms with Crippen LogP contribution in [0.3, 0.4) is 0 Å². The van der Waals surface area contributed by atoms with Gasteiger partial charge in [0.15, 0.2) is 5.13 Å². The van der Waals surface area contributed by atoms with Gasteiger partial charge < -0.3 is 14.3 Å². The first-order valence-corrected chi connectivity index (χ1v) is 9.85. The van der Waals surface area contributed by atoms with Crippen LogP contribution in [-0.2, 0) is 6.18 Å². The third kappa shape index (κ3) is 4.53. The fraction of sp³-hybridized carbons (Fsp3) is 0.125. The summed E-state index contributed by atoms with van der Waals surface area (Å²) in [6, 6.07) is 5.82. The molecule has 3 rings (SSSR count). The van der Waals surface area contributed by atoms with Gasteiger partial charge in [0, 0.05) is 5.02 Å². The Kier molecular flexibility index (Phi) is 5.79. The Balaban J connectivity index is 1.93. The molecule has 0 radical (unpaired) electrons. The lowest BCUT2D eigenvalue weighted by molar-refractivity contribution is -0.137. The second-order valence-electron chi connectivity index (χ2n) is 5.60. The fourth-order valence-electron chi connectivity index (χ4n) is 2.42. The quantitative estimate of drug-likeness (QED) is 0.480. The van der Waals surface area contributed by atoms with Gasteiger partial charge in [-0.3, -0.25) is 10.1 Å². The molecule has 0 saturated heterocycles. The summed E-state index contributed by atoms with van der Waals surface area (Å²) in [5, 5.41) is 2.75. The van der Waals surface area contributed by atoms with Crippen molar-refractivity contribution in [2.24, 2.45) is 0 Å². The zero-order valence-electron chi connectivity index (χ0n) is 13.9. The summed E-state index contributed by atoms with van der Waals surface area (Å²) in [6.45, 7) is 1.56. The molecule has 0 bridgehead atoms. The lowest BCUT2D eigenvalue weighted by atomic mass is 10.1. The Hall–Kier alpha value is -1.97. The van der Waals surface area contributed by atoms with Crippen LogP contribution in [0.15, 0.2) is 30.3 Å². The van der Waals surface area contributed by atoms with E-state index < -0.39 is 26.2 Å². The first-order chi connectivity index (χ1) is 13.0. The van der Waals surface area contributed by atoms with Crippen LogP contribution in [0.5, 0.6) is 5.75 Å². The van der Waals surface area contributed by atoms with Crippen molar-refractivity contribution in [3.8, 4) is 5.75 Å². The molecule has 28 heavy (non-hydrogen) atoms. The zero-order valence-corrected chi connectivity index (χ0v) is 16.4. The minimum atomic E-state index is -4.49. The molecule has 0 fully saturated rings. The normalized spacial score (nSPS) is 11.9. The number of hydrogen-bond acceptors (Lipinski definition) is 6. The molecule has 0 unspecified atom stereocenters. The Morgan fingerprint density at radius 3 is 2.64 bits per heavy atom. The molecule has 6 nitrogen and oxygen atoms in total. The van der Waals surface area contributed by atoms with Crippen LogP contribution in [0.2, 0.25) is 5.02 Å². The number of rotatable bonds is 4. The average molecular weight is 451 g/mol. The monoisotopic (exact) mass is 450 g/mol. The van der Waals surface area contributed by atoms with E-state index in [0.29, 0.717) is 11.1 Å². The van der Waals surface area contributed by atoms with Crippen LogP contribution in [0.1, 0.15) is 21.5 Å². The minimum Gasteiger partial charge on any atom is -0.426 e. The highest BCUT2D eigenvalue weighted by molar-refractivity contribution is 7.39. The van der Waals surface area contributed by atoms with Crippen LogP contribution in [0, 0.1) is 6.92 Å². The predicted octanol–water partition coefficient (Wildman–Crippen LogP) is 5.12. The van der Waals surface area contributed by atoms with E-state index >= 15 is 0 Å². The summed E-state index contributed by atoms with van der Waals surface area (Å²) >= 11 is 6.82. The first-order valence-electron chi connectivity index (χ1n) is 7.49.